The highest BCUT2D eigenvalue weighted by Crippen LogP contribution is 2.21. The van der Waals surface area contributed by atoms with Gasteiger partial charge in [0, 0.05) is 11.3 Å². The fraction of sp³-hybridized carbons (Fsp3) is 0.0800. The van der Waals surface area contributed by atoms with Crippen molar-refractivity contribution in [3.63, 3.8) is 0 Å². The summed E-state index contributed by atoms with van der Waals surface area (Å²) in [6.45, 7) is 0.223. The number of hydrogen-bond acceptors (Lipinski definition) is 4. The zero-order valence-electron chi connectivity index (χ0n) is 16.1. The Kier molecular flexibility index (Phi) is 6.20. The number of furan rings is 1. The van der Waals surface area contributed by atoms with Crippen LogP contribution in [0.25, 0.3) is 6.08 Å². The minimum absolute atomic E-state index is 0.0557. The van der Waals surface area contributed by atoms with Crippen molar-refractivity contribution in [2.45, 2.75) is 13.0 Å². The largest absolute Gasteiger partial charge is 0.486 e. The third kappa shape index (κ3) is 5.33. The lowest BCUT2D eigenvalue weighted by atomic mass is 10.1. The topological polar surface area (TPSA) is 39.4 Å². The van der Waals surface area contributed by atoms with Crippen LogP contribution in [-0.4, -0.2) is 5.78 Å². The molecule has 0 aliphatic heterocycles. The Bertz CT molecular complexity index is 1140. The molecule has 2 aromatic carbocycles. The monoisotopic (exact) mass is 418 g/mol. The van der Waals surface area contributed by atoms with Crippen LogP contribution in [0, 0.1) is 5.82 Å². The SMILES string of the molecule is O=C(/C=C/c1ccc(COc2ccc(F)cc2)o1)c1ccc(Cc2ccccc2)s1. The molecular weight excluding hydrogens is 399 g/mol. The van der Waals surface area contributed by atoms with Gasteiger partial charge < -0.3 is 9.15 Å². The lowest BCUT2D eigenvalue weighted by molar-refractivity contribution is 0.105. The Labute approximate surface area is 178 Å². The van der Waals surface area contributed by atoms with Gasteiger partial charge >= 0.3 is 0 Å². The van der Waals surface area contributed by atoms with Crippen molar-refractivity contribution >= 4 is 23.2 Å². The number of allylic oxidation sites excluding steroid dienone is 1. The predicted octanol–water partition coefficient (Wildman–Crippen LogP) is 6.55. The van der Waals surface area contributed by atoms with E-state index in [1.807, 2.05) is 30.3 Å². The quantitative estimate of drug-likeness (QED) is 0.241. The maximum absolute atomic E-state index is 12.9. The third-order valence-electron chi connectivity index (χ3n) is 4.40. The van der Waals surface area contributed by atoms with Crippen LogP contribution in [0.3, 0.4) is 0 Å². The van der Waals surface area contributed by atoms with Gasteiger partial charge in [0.2, 0.25) is 0 Å². The molecular formula is C25H19FO3S. The first kappa shape index (κ1) is 19.9. The second-order valence-corrected chi connectivity index (χ2v) is 7.84. The van der Waals surface area contributed by atoms with E-state index in [9.17, 15) is 9.18 Å². The highest BCUT2D eigenvalue weighted by Gasteiger charge is 2.08. The number of rotatable bonds is 8. The molecule has 0 bridgehead atoms. The van der Waals surface area contributed by atoms with Gasteiger partial charge in [-0.25, -0.2) is 4.39 Å². The fourth-order valence-electron chi connectivity index (χ4n) is 2.89. The van der Waals surface area contributed by atoms with Crippen LogP contribution in [0.1, 0.15) is 31.6 Å². The Morgan fingerprint density at radius 1 is 0.967 bits per heavy atom. The number of ether oxygens (including phenoxy) is 1. The molecule has 0 saturated heterocycles. The van der Waals surface area contributed by atoms with Crippen LogP contribution in [0.4, 0.5) is 4.39 Å². The lowest BCUT2D eigenvalue weighted by Crippen LogP contribution is -1.93. The number of carbonyl (C=O) groups is 1. The number of benzene rings is 2. The molecule has 4 rings (SSSR count). The van der Waals surface area contributed by atoms with E-state index < -0.39 is 0 Å². The minimum Gasteiger partial charge on any atom is -0.486 e. The van der Waals surface area contributed by atoms with E-state index in [1.54, 1.807) is 30.3 Å². The Morgan fingerprint density at radius 2 is 1.77 bits per heavy atom. The van der Waals surface area contributed by atoms with Crippen LogP contribution in [0.2, 0.25) is 0 Å². The van der Waals surface area contributed by atoms with Crippen molar-refractivity contribution in [1.29, 1.82) is 0 Å². The van der Waals surface area contributed by atoms with Crippen LogP contribution < -0.4 is 4.74 Å². The number of thiophene rings is 1. The van der Waals surface area contributed by atoms with E-state index >= 15 is 0 Å². The van der Waals surface area contributed by atoms with E-state index in [1.165, 1.54) is 35.1 Å². The molecule has 0 aliphatic rings. The van der Waals surface area contributed by atoms with Crippen LogP contribution in [0.5, 0.6) is 5.75 Å². The molecule has 0 radical (unpaired) electrons. The molecule has 30 heavy (non-hydrogen) atoms. The Hall–Kier alpha value is -3.44. The third-order valence-corrected chi connectivity index (χ3v) is 5.50. The summed E-state index contributed by atoms with van der Waals surface area (Å²) in [5.74, 6) is 1.38. The summed E-state index contributed by atoms with van der Waals surface area (Å²) in [6, 6.07) is 23.4. The molecule has 3 nitrogen and oxygen atoms in total. The van der Waals surface area contributed by atoms with Gasteiger partial charge in [-0.2, -0.15) is 0 Å². The molecule has 0 spiro atoms. The van der Waals surface area contributed by atoms with E-state index in [4.69, 9.17) is 9.15 Å². The molecule has 150 valence electrons. The molecule has 5 heteroatoms. The summed E-state index contributed by atoms with van der Waals surface area (Å²) in [6.07, 6.45) is 3.99. The predicted molar refractivity (Wildman–Crippen MR) is 116 cm³/mol. The van der Waals surface area contributed by atoms with E-state index in [-0.39, 0.29) is 18.2 Å². The van der Waals surface area contributed by atoms with Gasteiger partial charge in [-0.05, 0) is 66.2 Å². The number of halogens is 1. The van der Waals surface area contributed by atoms with Crippen LogP contribution >= 0.6 is 11.3 Å². The van der Waals surface area contributed by atoms with E-state index in [0.29, 0.717) is 22.1 Å². The van der Waals surface area contributed by atoms with Gasteiger partial charge in [-0.3, -0.25) is 4.79 Å². The summed E-state index contributed by atoms with van der Waals surface area (Å²) >= 11 is 1.50. The Morgan fingerprint density at radius 3 is 2.57 bits per heavy atom. The van der Waals surface area contributed by atoms with E-state index in [0.717, 1.165) is 11.3 Å². The molecule has 0 amide bonds. The minimum atomic E-state index is -0.310. The van der Waals surface area contributed by atoms with Crippen molar-refractivity contribution in [2.24, 2.45) is 0 Å². The first-order valence-electron chi connectivity index (χ1n) is 9.48. The first-order chi connectivity index (χ1) is 14.7. The summed E-state index contributed by atoms with van der Waals surface area (Å²) < 4.78 is 24.1. The molecule has 0 fully saturated rings. The molecule has 0 aliphatic carbocycles. The number of ketones is 1. The van der Waals surface area contributed by atoms with Crippen molar-refractivity contribution in [2.75, 3.05) is 0 Å². The average Bonchev–Trinajstić information content (AvgIpc) is 3.42. The van der Waals surface area contributed by atoms with Crippen molar-refractivity contribution in [3.8, 4) is 5.75 Å². The molecule has 2 heterocycles. The standard InChI is InChI=1S/C25H19FO3S/c26-19-6-8-20(9-7-19)28-17-22-11-10-21(29-22)12-14-24(27)25-15-13-23(30-25)16-18-4-2-1-3-5-18/h1-15H,16-17H2/b14-12+. The summed E-state index contributed by atoms with van der Waals surface area (Å²) in [7, 11) is 0. The zero-order valence-corrected chi connectivity index (χ0v) is 16.9. The van der Waals surface area contributed by atoms with Gasteiger partial charge in [0.1, 0.15) is 29.7 Å². The smallest absolute Gasteiger partial charge is 0.195 e. The molecule has 0 saturated carbocycles. The molecule has 0 unspecified atom stereocenters. The molecule has 4 aromatic rings. The maximum atomic E-state index is 12.9. The lowest BCUT2D eigenvalue weighted by Gasteiger charge is -2.03. The van der Waals surface area contributed by atoms with Crippen molar-refractivity contribution in [1.82, 2.24) is 0 Å². The molecule has 0 N–H and O–H groups in total. The van der Waals surface area contributed by atoms with Gasteiger partial charge in [-0.1, -0.05) is 30.3 Å². The second-order valence-electron chi connectivity index (χ2n) is 6.67. The second kappa shape index (κ2) is 9.37. The average molecular weight is 418 g/mol. The highest BCUT2D eigenvalue weighted by atomic mass is 32.1. The summed E-state index contributed by atoms with van der Waals surface area (Å²) in [4.78, 5) is 14.3. The van der Waals surface area contributed by atoms with E-state index in [2.05, 4.69) is 12.1 Å². The molecule has 2 aromatic heterocycles. The fourth-order valence-corrected chi connectivity index (χ4v) is 3.85. The van der Waals surface area contributed by atoms with Gasteiger partial charge in [0.25, 0.3) is 0 Å². The normalized spacial score (nSPS) is 11.1. The van der Waals surface area contributed by atoms with Crippen LogP contribution in [-0.2, 0) is 13.0 Å². The number of hydrogen-bond donors (Lipinski definition) is 0. The van der Waals surface area contributed by atoms with Crippen molar-refractivity contribution in [3.05, 3.63) is 118 Å². The maximum Gasteiger partial charge on any atom is 0.195 e. The van der Waals surface area contributed by atoms with Gasteiger partial charge in [0.15, 0.2) is 5.78 Å². The van der Waals surface area contributed by atoms with Crippen molar-refractivity contribution < 1.29 is 18.3 Å². The Balaban J connectivity index is 1.32. The number of carbonyl (C=O) groups excluding carboxylic acids is 1. The van der Waals surface area contributed by atoms with Gasteiger partial charge in [-0.15, -0.1) is 11.3 Å². The summed E-state index contributed by atoms with van der Waals surface area (Å²) in [5.41, 5.74) is 1.22. The highest BCUT2D eigenvalue weighted by molar-refractivity contribution is 7.14. The van der Waals surface area contributed by atoms with Crippen LogP contribution in [0.15, 0.2) is 89.4 Å². The molecule has 0 atom stereocenters. The zero-order chi connectivity index (χ0) is 20.8. The summed E-state index contributed by atoms with van der Waals surface area (Å²) in [5, 5.41) is 0. The van der Waals surface area contributed by atoms with Gasteiger partial charge in [0.05, 0.1) is 4.88 Å². The first-order valence-corrected chi connectivity index (χ1v) is 10.3.